The van der Waals surface area contributed by atoms with Crippen molar-refractivity contribution in [3.05, 3.63) is 17.5 Å². The number of amides is 1. The Kier molecular flexibility index (Phi) is 3.39. The van der Waals surface area contributed by atoms with Gasteiger partial charge in [-0.1, -0.05) is 0 Å². The van der Waals surface area contributed by atoms with Crippen molar-refractivity contribution in [2.24, 2.45) is 0 Å². The first-order chi connectivity index (χ1) is 7.71. The number of carboxylic acid groups (broad SMARTS) is 1. The molecule has 0 unspecified atom stereocenters. The van der Waals surface area contributed by atoms with Crippen molar-refractivity contribution >= 4 is 11.9 Å². The van der Waals surface area contributed by atoms with Gasteiger partial charge in [-0.25, -0.2) is 4.79 Å². The van der Waals surface area contributed by atoms with Gasteiger partial charge >= 0.3 is 18.1 Å². The molecule has 0 saturated carbocycles. The van der Waals surface area contributed by atoms with Gasteiger partial charge in [0, 0.05) is 7.05 Å². The van der Waals surface area contributed by atoms with Gasteiger partial charge in [0.15, 0.2) is 5.69 Å². The van der Waals surface area contributed by atoms with Gasteiger partial charge in [0.2, 0.25) is 0 Å². The highest BCUT2D eigenvalue weighted by Gasteiger charge is 2.41. The number of hydrogen-bond donors (Lipinski definition) is 2. The van der Waals surface area contributed by atoms with Crippen LogP contribution in [0.2, 0.25) is 0 Å². The van der Waals surface area contributed by atoms with Gasteiger partial charge in [0.05, 0.1) is 12.2 Å². The summed E-state index contributed by atoms with van der Waals surface area (Å²) < 4.78 is 36.1. The molecule has 0 radical (unpaired) electrons. The van der Waals surface area contributed by atoms with Gasteiger partial charge in [-0.3, -0.25) is 9.89 Å². The van der Waals surface area contributed by atoms with Crippen molar-refractivity contribution < 1.29 is 27.9 Å². The summed E-state index contributed by atoms with van der Waals surface area (Å²) in [7, 11) is 0.955. The molecule has 1 aromatic heterocycles. The van der Waals surface area contributed by atoms with Gasteiger partial charge in [-0.15, -0.1) is 0 Å². The quantitative estimate of drug-likeness (QED) is 0.824. The van der Waals surface area contributed by atoms with E-state index in [1.54, 1.807) is 0 Å². The van der Waals surface area contributed by atoms with E-state index in [1.165, 1.54) is 0 Å². The number of halogens is 3. The van der Waals surface area contributed by atoms with Crippen molar-refractivity contribution in [1.82, 2.24) is 15.1 Å². The fraction of sp³-hybridized carbons (Fsp3) is 0.375. The molecule has 9 heteroatoms. The van der Waals surface area contributed by atoms with Crippen molar-refractivity contribution in [2.75, 3.05) is 7.05 Å². The van der Waals surface area contributed by atoms with Gasteiger partial charge < -0.3 is 10.0 Å². The van der Waals surface area contributed by atoms with Crippen LogP contribution in [0.1, 0.15) is 16.2 Å². The average Bonchev–Trinajstić information content (AvgIpc) is 2.63. The van der Waals surface area contributed by atoms with Gasteiger partial charge in [-0.2, -0.15) is 18.3 Å². The normalized spacial score (nSPS) is 11.3. The molecule has 1 aromatic rings. The third-order valence-electron chi connectivity index (χ3n) is 1.85. The molecular weight excluding hydrogens is 243 g/mol. The van der Waals surface area contributed by atoms with Crippen LogP contribution in [0.4, 0.5) is 13.2 Å². The Morgan fingerprint density at radius 1 is 1.53 bits per heavy atom. The SMILES string of the molecule is CN(Cc1cc(C(=O)O)n[nH]1)C(=O)C(F)(F)F. The highest BCUT2D eigenvalue weighted by atomic mass is 19.4. The predicted octanol–water partition coefficient (Wildman–Crippen LogP) is 0.629. The Balaban J connectivity index is 2.71. The topological polar surface area (TPSA) is 86.3 Å². The largest absolute Gasteiger partial charge is 0.476 e. The molecule has 2 N–H and O–H groups in total. The molecule has 0 aliphatic heterocycles. The molecule has 0 bridgehead atoms. The second-order valence-electron chi connectivity index (χ2n) is 3.24. The number of alkyl halides is 3. The van der Waals surface area contributed by atoms with E-state index in [0.717, 1.165) is 13.1 Å². The van der Waals surface area contributed by atoms with Crippen molar-refractivity contribution in [3.8, 4) is 0 Å². The minimum atomic E-state index is -4.95. The van der Waals surface area contributed by atoms with E-state index in [0.29, 0.717) is 4.90 Å². The lowest BCUT2D eigenvalue weighted by Crippen LogP contribution is -2.38. The van der Waals surface area contributed by atoms with E-state index >= 15 is 0 Å². The molecule has 0 aliphatic carbocycles. The first kappa shape index (κ1) is 13.0. The molecular formula is C8H8F3N3O3. The summed E-state index contributed by atoms with van der Waals surface area (Å²) in [6.45, 7) is -0.404. The number of nitrogens with one attached hydrogen (secondary N) is 1. The standard InChI is InChI=1S/C8H8F3N3O3/c1-14(7(17)8(9,10)11)3-4-2-5(6(15)16)13-12-4/h2H,3H2,1H3,(H,12,13)(H,15,16). The average molecular weight is 251 g/mol. The van der Waals surface area contributed by atoms with E-state index in [1.807, 2.05) is 0 Å². The smallest absolute Gasteiger partial charge is 0.471 e. The molecule has 0 atom stereocenters. The lowest BCUT2D eigenvalue weighted by Gasteiger charge is -2.17. The van der Waals surface area contributed by atoms with Crippen molar-refractivity contribution in [1.29, 1.82) is 0 Å². The Bertz CT molecular complexity index is 441. The number of aromatic carboxylic acids is 1. The number of aromatic amines is 1. The maximum Gasteiger partial charge on any atom is 0.471 e. The van der Waals surface area contributed by atoms with Crippen LogP contribution in [0.5, 0.6) is 0 Å². The van der Waals surface area contributed by atoms with Crippen LogP contribution in [0.15, 0.2) is 6.07 Å². The highest BCUT2D eigenvalue weighted by Crippen LogP contribution is 2.18. The molecule has 1 rings (SSSR count). The molecule has 1 amide bonds. The van der Waals surface area contributed by atoms with Crippen LogP contribution in [0.3, 0.4) is 0 Å². The fourth-order valence-corrected chi connectivity index (χ4v) is 1.10. The van der Waals surface area contributed by atoms with E-state index in [2.05, 4.69) is 10.2 Å². The minimum Gasteiger partial charge on any atom is -0.476 e. The number of carbonyl (C=O) groups excluding carboxylic acids is 1. The Hall–Kier alpha value is -2.06. The second-order valence-corrected chi connectivity index (χ2v) is 3.24. The zero-order valence-corrected chi connectivity index (χ0v) is 8.58. The number of H-pyrrole nitrogens is 1. The molecule has 6 nitrogen and oxygen atoms in total. The third-order valence-corrected chi connectivity index (χ3v) is 1.85. The Labute approximate surface area is 93.0 Å². The number of carbonyl (C=O) groups is 2. The van der Waals surface area contributed by atoms with E-state index in [-0.39, 0.29) is 11.4 Å². The molecule has 0 aliphatic rings. The van der Waals surface area contributed by atoms with Crippen LogP contribution in [-0.4, -0.2) is 45.3 Å². The van der Waals surface area contributed by atoms with Gasteiger partial charge in [0.25, 0.3) is 0 Å². The van der Waals surface area contributed by atoms with Crippen LogP contribution >= 0.6 is 0 Å². The van der Waals surface area contributed by atoms with Gasteiger partial charge in [0.1, 0.15) is 0 Å². The summed E-state index contributed by atoms with van der Waals surface area (Å²) in [5, 5.41) is 14.1. The predicted molar refractivity (Wildman–Crippen MR) is 48.1 cm³/mol. The van der Waals surface area contributed by atoms with E-state index < -0.39 is 24.6 Å². The van der Waals surface area contributed by atoms with Crippen molar-refractivity contribution in [2.45, 2.75) is 12.7 Å². The second kappa shape index (κ2) is 4.44. The van der Waals surface area contributed by atoms with Crippen molar-refractivity contribution in [3.63, 3.8) is 0 Å². The summed E-state index contributed by atoms with van der Waals surface area (Å²) in [5.74, 6) is -3.32. The Morgan fingerprint density at radius 2 is 2.12 bits per heavy atom. The van der Waals surface area contributed by atoms with E-state index in [4.69, 9.17) is 5.11 Å². The molecule has 17 heavy (non-hydrogen) atoms. The molecule has 0 saturated heterocycles. The summed E-state index contributed by atoms with van der Waals surface area (Å²) in [6.07, 6.45) is -4.95. The summed E-state index contributed by atoms with van der Waals surface area (Å²) in [6, 6.07) is 1.06. The molecule has 1 heterocycles. The first-order valence-electron chi connectivity index (χ1n) is 4.31. The monoisotopic (exact) mass is 251 g/mol. The highest BCUT2D eigenvalue weighted by molar-refractivity contribution is 5.85. The number of carboxylic acids is 1. The first-order valence-corrected chi connectivity index (χ1v) is 4.31. The lowest BCUT2D eigenvalue weighted by atomic mass is 10.3. The van der Waals surface area contributed by atoms with E-state index in [9.17, 15) is 22.8 Å². The lowest BCUT2D eigenvalue weighted by molar-refractivity contribution is -0.184. The fourth-order valence-electron chi connectivity index (χ4n) is 1.10. The maximum absolute atomic E-state index is 12.0. The number of hydrogen-bond acceptors (Lipinski definition) is 3. The van der Waals surface area contributed by atoms with Crippen LogP contribution < -0.4 is 0 Å². The number of nitrogens with zero attached hydrogens (tertiary/aromatic N) is 2. The molecule has 0 fully saturated rings. The summed E-state index contributed by atoms with van der Waals surface area (Å²) in [5.41, 5.74) is -0.227. The summed E-state index contributed by atoms with van der Waals surface area (Å²) >= 11 is 0. The number of rotatable bonds is 3. The van der Waals surface area contributed by atoms with Crippen LogP contribution in [0, 0.1) is 0 Å². The third kappa shape index (κ3) is 3.20. The molecule has 94 valence electrons. The maximum atomic E-state index is 12.0. The molecule has 0 spiro atoms. The van der Waals surface area contributed by atoms with Gasteiger partial charge in [-0.05, 0) is 6.07 Å². The molecule has 0 aromatic carbocycles. The summed E-state index contributed by atoms with van der Waals surface area (Å²) in [4.78, 5) is 21.6. The minimum absolute atomic E-state index is 0.0995. The zero-order valence-electron chi connectivity index (χ0n) is 8.58. The Morgan fingerprint density at radius 3 is 2.53 bits per heavy atom. The zero-order chi connectivity index (χ0) is 13.2. The number of aromatic nitrogens is 2. The van der Waals surface area contributed by atoms with Crippen LogP contribution in [0.25, 0.3) is 0 Å². The van der Waals surface area contributed by atoms with Crippen LogP contribution in [-0.2, 0) is 11.3 Å².